The fraction of sp³-hybridized carbons (Fsp3) is 0.483. The summed E-state index contributed by atoms with van der Waals surface area (Å²) >= 11 is 1.71. The van der Waals surface area contributed by atoms with Crippen LogP contribution in [0.5, 0.6) is 5.75 Å². The third kappa shape index (κ3) is 13.2. The SMILES string of the molecule is CN[C@@H](C)C(=O)N[C@H](C(=O)N1Cc2cc(OCCN3CCN(CCN4CCC(CNC(=O)c5ccccc5)(c5nc(-c6ccccc6)cs5)CC4)CC3)ccc2CC1C(=O)NC1CCCc2ccccc21)C(C)(C)C. The van der Waals surface area contributed by atoms with Crippen LogP contribution in [0, 0.1) is 5.41 Å². The van der Waals surface area contributed by atoms with E-state index in [1.807, 2.05) is 99.6 Å². The lowest BCUT2D eigenvalue weighted by atomic mass is 9.78. The van der Waals surface area contributed by atoms with E-state index in [2.05, 4.69) is 65.6 Å². The molecule has 0 bridgehead atoms. The molecule has 1 aromatic heterocycles. The number of thiazole rings is 1. The molecule has 4 heterocycles. The molecule has 1 aliphatic carbocycles. The molecule has 9 rings (SSSR count). The van der Waals surface area contributed by atoms with Crippen LogP contribution in [0.15, 0.2) is 109 Å². The number of ether oxygens (including phenoxy) is 1. The number of piperazine rings is 1. The molecule has 4 atom stereocenters. The molecular weight excluding hydrogens is 959 g/mol. The number of piperidine rings is 1. The number of likely N-dealkylation sites (N-methyl/N-ethyl adjacent to an activating group) is 1. The Balaban J connectivity index is 0.775. The molecule has 15 heteroatoms. The molecule has 398 valence electrons. The third-order valence-electron chi connectivity index (χ3n) is 16.1. The predicted molar refractivity (Wildman–Crippen MR) is 297 cm³/mol. The number of carbonyl (C=O) groups is 4. The van der Waals surface area contributed by atoms with Gasteiger partial charge in [-0.2, -0.15) is 0 Å². The van der Waals surface area contributed by atoms with Gasteiger partial charge < -0.3 is 35.8 Å². The lowest BCUT2D eigenvalue weighted by Crippen LogP contribution is -2.62. The van der Waals surface area contributed by atoms with Gasteiger partial charge in [0.15, 0.2) is 0 Å². The first kappa shape index (κ1) is 53.8. The van der Waals surface area contributed by atoms with E-state index in [1.165, 1.54) is 5.56 Å². The highest BCUT2D eigenvalue weighted by Crippen LogP contribution is 2.39. The number of amides is 4. The monoisotopic (exact) mass is 1040 g/mol. The van der Waals surface area contributed by atoms with Gasteiger partial charge in [0.1, 0.15) is 29.4 Å². The predicted octanol–water partition coefficient (Wildman–Crippen LogP) is 6.86. The van der Waals surface area contributed by atoms with E-state index in [9.17, 15) is 19.2 Å². The number of benzene rings is 4. The van der Waals surface area contributed by atoms with Crippen LogP contribution < -0.4 is 26.0 Å². The summed E-state index contributed by atoms with van der Waals surface area (Å²) in [5.74, 6) is -0.0324. The van der Waals surface area contributed by atoms with Crippen molar-refractivity contribution in [3.8, 4) is 17.0 Å². The molecule has 4 aromatic carbocycles. The Labute approximate surface area is 448 Å². The van der Waals surface area contributed by atoms with Crippen molar-refractivity contribution in [1.82, 2.24) is 45.9 Å². The van der Waals surface area contributed by atoms with E-state index in [4.69, 9.17) is 9.72 Å². The minimum atomic E-state index is -0.853. The number of hydrogen-bond acceptors (Lipinski definition) is 11. The first-order valence-electron chi connectivity index (χ1n) is 27.2. The van der Waals surface area contributed by atoms with Gasteiger partial charge in [0.25, 0.3) is 5.91 Å². The lowest BCUT2D eigenvalue weighted by Gasteiger charge is -2.42. The van der Waals surface area contributed by atoms with Crippen LogP contribution in [0.25, 0.3) is 11.3 Å². The molecule has 2 saturated heterocycles. The molecule has 4 N–H and O–H groups in total. The van der Waals surface area contributed by atoms with Crippen molar-refractivity contribution in [1.29, 1.82) is 0 Å². The third-order valence-corrected chi connectivity index (χ3v) is 17.2. The normalized spacial score (nSPS) is 20.0. The zero-order valence-electron chi connectivity index (χ0n) is 44.6. The Bertz CT molecular complexity index is 2730. The number of likely N-dealkylation sites (tertiary alicyclic amines) is 1. The summed E-state index contributed by atoms with van der Waals surface area (Å²) in [5.41, 5.74) is 6.28. The van der Waals surface area contributed by atoms with Crippen LogP contribution in [0.4, 0.5) is 0 Å². The summed E-state index contributed by atoms with van der Waals surface area (Å²) in [4.78, 5) is 70.3. The van der Waals surface area contributed by atoms with Gasteiger partial charge >= 0.3 is 0 Å². The van der Waals surface area contributed by atoms with Crippen molar-refractivity contribution < 1.29 is 23.9 Å². The largest absolute Gasteiger partial charge is 0.492 e. The number of nitrogens with one attached hydrogen (secondary N) is 4. The second kappa shape index (κ2) is 24.4. The number of aromatic nitrogens is 1. The van der Waals surface area contributed by atoms with Crippen molar-refractivity contribution in [3.05, 3.63) is 141 Å². The van der Waals surface area contributed by atoms with Crippen molar-refractivity contribution in [2.75, 3.05) is 79.1 Å². The van der Waals surface area contributed by atoms with Crippen molar-refractivity contribution in [3.63, 3.8) is 0 Å². The quantitative estimate of drug-likeness (QED) is 0.0734. The van der Waals surface area contributed by atoms with E-state index < -0.39 is 23.5 Å². The molecular formula is C60H77N9O5S. The number of hydrogen-bond donors (Lipinski definition) is 4. The zero-order valence-corrected chi connectivity index (χ0v) is 45.4. The Morgan fingerprint density at radius 3 is 2.17 bits per heavy atom. The Morgan fingerprint density at radius 1 is 0.800 bits per heavy atom. The summed E-state index contributed by atoms with van der Waals surface area (Å²) in [6.07, 6.45) is 5.03. The van der Waals surface area contributed by atoms with Gasteiger partial charge in [-0.25, -0.2) is 4.98 Å². The minimum absolute atomic E-state index is 0.0456. The molecule has 75 heavy (non-hydrogen) atoms. The minimum Gasteiger partial charge on any atom is -0.492 e. The molecule has 4 aliphatic rings. The van der Waals surface area contributed by atoms with Crippen LogP contribution in [0.1, 0.15) is 97.0 Å². The summed E-state index contributed by atoms with van der Waals surface area (Å²) in [5, 5.41) is 15.9. The van der Waals surface area contributed by atoms with Gasteiger partial charge in [-0.3, -0.25) is 29.0 Å². The molecule has 2 unspecified atom stereocenters. The number of fused-ring (bicyclic) bond motifs is 2. The van der Waals surface area contributed by atoms with Crippen LogP contribution >= 0.6 is 11.3 Å². The topological polar surface area (TPSA) is 151 Å². The van der Waals surface area contributed by atoms with Crippen molar-refractivity contribution >= 4 is 35.0 Å². The lowest BCUT2D eigenvalue weighted by molar-refractivity contribution is -0.147. The maximum Gasteiger partial charge on any atom is 0.251 e. The molecule has 5 aromatic rings. The van der Waals surface area contributed by atoms with Gasteiger partial charge in [-0.15, -0.1) is 11.3 Å². The number of carbonyl (C=O) groups excluding carboxylic acids is 4. The van der Waals surface area contributed by atoms with Gasteiger partial charge in [-0.1, -0.05) is 99.6 Å². The first-order chi connectivity index (χ1) is 36.3. The average molecular weight is 1040 g/mol. The smallest absolute Gasteiger partial charge is 0.251 e. The summed E-state index contributed by atoms with van der Waals surface area (Å²) in [6, 6.07) is 31.9. The van der Waals surface area contributed by atoms with E-state index >= 15 is 0 Å². The molecule has 4 amide bonds. The van der Waals surface area contributed by atoms with Crippen molar-refractivity contribution in [2.45, 2.75) is 102 Å². The molecule has 0 radical (unpaired) electrons. The Hall–Kier alpha value is -5.97. The highest BCUT2D eigenvalue weighted by Gasteiger charge is 2.44. The second-order valence-electron chi connectivity index (χ2n) is 22.2. The van der Waals surface area contributed by atoms with Gasteiger partial charge in [0.05, 0.1) is 17.8 Å². The van der Waals surface area contributed by atoms with E-state index in [0.717, 1.165) is 130 Å². The molecule has 3 aliphatic heterocycles. The van der Waals surface area contributed by atoms with Crippen LogP contribution in [-0.2, 0) is 39.2 Å². The zero-order chi connectivity index (χ0) is 52.5. The first-order valence-corrected chi connectivity index (χ1v) is 28.1. The van der Waals surface area contributed by atoms with Gasteiger partial charge in [0, 0.05) is 87.2 Å². The van der Waals surface area contributed by atoms with Crippen LogP contribution in [0.3, 0.4) is 0 Å². The molecule has 0 spiro atoms. The average Bonchev–Trinajstić information content (AvgIpc) is 3.95. The maximum atomic E-state index is 14.8. The summed E-state index contributed by atoms with van der Waals surface area (Å²) < 4.78 is 6.42. The Kier molecular flexibility index (Phi) is 17.5. The number of rotatable bonds is 18. The maximum absolute atomic E-state index is 14.8. The summed E-state index contributed by atoms with van der Waals surface area (Å²) in [7, 11) is 1.72. The van der Waals surface area contributed by atoms with Crippen LogP contribution in [-0.4, -0.2) is 145 Å². The summed E-state index contributed by atoms with van der Waals surface area (Å²) in [6.45, 7) is 17.6. The molecule has 14 nitrogen and oxygen atoms in total. The Morgan fingerprint density at radius 2 is 1.47 bits per heavy atom. The van der Waals surface area contributed by atoms with Gasteiger partial charge in [-0.05, 0) is 111 Å². The van der Waals surface area contributed by atoms with E-state index in [0.29, 0.717) is 25.1 Å². The van der Waals surface area contributed by atoms with Crippen molar-refractivity contribution in [2.24, 2.45) is 5.41 Å². The molecule has 0 saturated carbocycles. The second-order valence-corrected chi connectivity index (χ2v) is 23.1. The fourth-order valence-corrected chi connectivity index (χ4v) is 12.3. The fourth-order valence-electron chi connectivity index (χ4n) is 11.2. The number of aryl methyl sites for hydroxylation is 1. The highest BCUT2D eigenvalue weighted by atomic mass is 32.1. The highest BCUT2D eigenvalue weighted by molar-refractivity contribution is 7.10. The van der Waals surface area contributed by atoms with E-state index in [-0.39, 0.29) is 41.6 Å². The van der Waals surface area contributed by atoms with Crippen LogP contribution in [0.2, 0.25) is 0 Å². The standard InChI is InChI=1S/C60H77N9O5S/c1-42(61-5)54(70)65-53(59(2,3)4)57(73)69-39-47-37-48(24-23-46(47)38-52(69)56(72)63-50-22-14-20-43-15-12-13-21-49(43)50)74-36-35-68-33-31-67(32-34-68)30-29-66-27-25-60(26-28-66,41-62-55(71)45-18-10-7-11-19-45)58-64-51(40-75-58)44-16-8-6-9-17-44/h6-13,15-19,21,23-24,37,40,42,50,52-53,61H,14,20,22,25-36,38-39,41H2,1-5H3,(H,62,71)(H,63,72)(H,65,70)/t42-,50?,52?,53+/m0/s1. The van der Waals surface area contributed by atoms with Gasteiger partial charge in [0.2, 0.25) is 17.7 Å². The van der Waals surface area contributed by atoms with E-state index in [1.54, 1.807) is 30.2 Å². The molecule has 2 fully saturated rings. The number of nitrogens with zero attached hydrogens (tertiary/aromatic N) is 5.